The van der Waals surface area contributed by atoms with E-state index in [1.807, 2.05) is 6.07 Å². The molecule has 0 unspecified atom stereocenters. The summed E-state index contributed by atoms with van der Waals surface area (Å²) >= 11 is 5.79. The van der Waals surface area contributed by atoms with Crippen molar-refractivity contribution in [1.82, 2.24) is 9.78 Å². The maximum Gasteiger partial charge on any atom is 0.173 e. The molecule has 0 saturated carbocycles. The Kier molecular flexibility index (Phi) is 2.51. The zero-order chi connectivity index (χ0) is 10.8. The fourth-order valence-electron chi connectivity index (χ4n) is 1.30. The molecule has 0 saturated heterocycles. The van der Waals surface area contributed by atoms with Gasteiger partial charge in [-0.1, -0.05) is 23.7 Å². The summed E-state index contributed by atoms with van der Waals surface area (Å²) in [6.45, 7) is 0.411. The lowest BCUT2D eigenvalue weighted by atomic mass is 10.2. The first-order valence-corrected chi connectivity index (χ1v) is 4.73. The number of hydrogen-bond acceptors (Lipinski definition) is 3. The van der Waals surface area contributed by atoms with Crippen molar-refractivity contribution in [2.24, 2.45) is 0 Å². The highest BCUT2D eigenvalue weighted by Crippen LogP contribution is 2.23. The fraction of sp³-hybridized carbons (Fsp3) is 0.100. The topological polar surface area (TPSA) is 58.3 Å². The molecule has 78 valence electrons. The lowest BCUT2D eigenvalue weighted by Gasteiger charge is -2.03. The van der Waals surface area contributed by atoms with Crippen LogP contribution in [0, 0.1) is 0 Å². The Bertz CT molecular complexity index is 482. The Morgan fingerprint density at radius 2 is 2.13 bits per heavy atom. The maximum atomic E-state index is 9.25. The lowest BCUT2D eigenvalue weighted by molar-refractivity contribution is 0.473. The molecule has 1 heterocycles. The minimum Gasteiger partial charge on any atom is -0.508 e. The van der Waals surface area contributed by atoms with Crippen molar-refractivity contribution in [3.8, 4) is 11.5 Å². The summed E-state index contributed by atoms with van der Waals surface area (Å²) in [6, 6.07) is 6.79. The van der Waals surface area contributed by atoms with E-state index in [1.165, 1.54) is 10.9 Å². The van der Waals surface area contributed by atoms with Gasteiger partial charge in [-0.2, -0.15) is 5.10 Å². The summed E-state index contributed by atoms with van der Waals surface area (Å²) in [5.41, 5.74) is 0.861. The average Bonchev–Trinajstić information content (AvgIpc) is 2.50. The molecule has 15 heavy (non-hydrogen) atoms. The highest BCUT2D eigenvalue weighted by atomic mass is 35.5. The predicted octanol–water partition coefficient (Wildman–Crippen LogP) is 2.00. The lowest BCUT2D eigenvalue weighted by Crippen LogP contribution is -2.01. The third kappa shape index (κ3) is 2.05. The van der Waals surface area contributed by atoms with Gasteiger partial charge in [0.1, 0.15) is 5.75 Å². The molecule has 2 aromatic rings. The predicted molar refractivity (Wildman–Crippen MR) is 56.1 cm³/mol. The minimum absolute atomic E-state index is 0.0446. The average molecular weight is 225 g/mol. The standard InChI is InChI=1S/C10H9ClN2O2/c11-10-9(15)5-12-13(10)6-7-2-1-3-8(14)4-7/h1-5,14-15H,6H2. The zero-order valence-electron chi connectivity index (χ0n) is 7.76. The SMILES string of the molecule is Oc1cccc(Cn2ncc(O)c2Cl)c1. The number of benzene rings is 1. The first-order valence-electron chi connectivity index (χ1n) is 4.35. The van der Waals surface area contributed by atoms with Crippen molar-refractivity contribution in [3.05, 3.63) is 41.2 Å². The number of rotatable bonds is 2. The maximum absolute atomic E-state index is 9.25. The highest BCUT2D eigenvalue weighted by Gasteiger charge is 2.07. The summed E-state index contributed by atoms with van der Waals surface area (Å²) in [7, 11) is 0. The molecule has 2 N–H and O–H groups in total. The minimum atomic E-state index is -0.0446. The van der Waals surface area contributed by atoms with Crippen molar-refractivity contribution in [3.63, 3.8) is 0 Å². The molecule has 0 bridgehead atoms. The Labute approximate surface area is 91.4 Å². The molecular formula is C10H9ClN2O2. The highest BCUT2D eigenvalue weighted by molar-refractivity contribution is 6.30. The third-order valence-electron chi connectivity index (χ3n) is 2.00. The van der Waals surface area contributed by atoms with Gasteiger partial charge in [0, 0.05) is 0 Å². The van der Waals surface area contributed by atoms with Gasteiger partial charge < -0.3 is 10.2 Å². The van der Waals surface area contributed by atoms with Crippen molar-refractivity contribution in [2.75, 3.05) is 0 Å². The quantitative estimate of drug-likeness (QED) is 0.820. The van der Waals surface area contributed by atoms with Gasteiger partial charge in [-0.3, -0.25) is 0 Å². The normalized spacial score (nSPS) is 10.5. The number of phenolic OH excluding ortho intramolecular Hbond substituents is 1. The molecule has 0 aliphatic heterocycles. The number of nitrogens with zero attached hydrogens (tertiary/aromatic N) is 2. The van der Waals surface area contributed by atoms with Crippen LogP contribution >= 0.6 is 11.6 Å². The summed E-state index contributed by atoms with van der Waals surface area (Å²) in [5, 5.41) is 22.5. The van der Waals surface area contributed by atoms with E-state index in [9.17, 15) is 10.2 Å². The van der Waals surface area contributed by atoms with Crippen molar-refractivity contribution < 1.29 is 10.2 Å². The Balaban J connectivity index is 2.26. The zero-order valence-corrected chi connectivity index (χ0v) is 8.52. The molecule has 0 fully saturated rings. The van der Waals surface area contributed by atoms with Crippen LogP contribution in [0.15, 0.2) is 30.5 Å². The van der Waals surface area contributed by atoms with E-state index < -0.39 is 0 Å². The Hall–Kier alpha value is -1.68. The van der Waals surface area contributed by atoms with Crippen LogP contribution in [-0.2, 0) is 6.54 Å². The molecule has 1 aromatic heterocycles. The molecule has 0 atom stereocenters. The van der Waals surface area contributed by atoms with E-state index in [-0.39, 0.29) is 16.7 Å². The van der Waals surface area contributed by atoms with Crippen LogP contribution in [-0.4, -0.2) is 20.0 Å². The molecule has 0 radical (unpaired) electrons. The Morgan fingerprint density at radius 1 is 1.33 bits per heavy atom. The van der Waals surface area contributed by atoms with Crippen molar-refractivity contribution in [1.29, 1.82) is 0 Å². The van der Waals surface area contributed by atoms with E-state index in [2.05, 4.69) is 5.10 Å². The Morgan fingerprint density at radius 3 is 2.73 bits per heavy atom. The van der Waals surface area contributed by atoms with E-state index in [0.29, 0.717) is 6.54 Å². The van der Waals surface area contributed by atoms with Gasteiger partial charge in [0.05, 0.1) is 12.7 Å². The van der Waals surface area contributed by atoms with E-state index >= 15 is 0 Å². The largest absolute Gasteiger partial charge is 0.508 e. The van der Waals surface area contributed by atoms with E-state index in [4.69, 9.17) is 11.6 Å². The molecule has 5 heteroatoms. The van der Waals surface area contributed by atoms with E-state index in [1.54, 1.807) is 18.2 Å². The van der Waals surface area contributed by atoms with Crippen LogP contribution < -0.4 is 0 Å². The molecule has 4 nitrogen and oxygen atoms in total. The molecule has 0 spiro atoms. The van der Waals surface area contributed by atoms with Crippen LogP contribution in [0.3, 0.4) is 0 Å². The van der Waals surface area contributed by atoms with Crippen LogP contribution in [0.5, 0.6) is 11.5 Å². The van der Waals surface area contributed by atoms with Crippen molar-refractivity contribution in [2.45, 2.75) is 6.54 Å². The number of hydrogen-bond donors (Lipinski definition) is 2. The van der Waals surface area contributed by atoms with Gasteiger partial charge in [-0.25, -0.2) is 4.68 Å². The molecule has 2 rings (SSSR count). The van der Waals surface area contributed by atoms with Crippen LogP contribution in [0.25, 0.3) is 0 Å². The molecule has 0 aliphatic rings. The monoisotopic (exact) mass is 224 g/mol. The molecule has 0 aliphatic carbocycles. The molecule has 1 aromatic carbocycles. The molecular weight excluding hydrogens is 216 g/mol. The number of halogens is 1. The van der Waals surface area contributed by atoms with Crippen LogP contribution in [0.1, 0.15) is 5.56 Å². The van der Waals surface area contributed by atoms with Gasteiger partial charge in [-0.15, -0.1) is 0 Å². The second kappa shape index (κ2) is 3.82. The van der Waals surface area contributed by atoms with Gasteiger partial charge in [0.15, 0.2) is 10.9 Å². The molecule has 0 amide bonds. The van der Waals surface area contributed by atoms with Gasteiger partial charge in [-0.05, 0) is 17.7 Å². The summed E-state index contributed by atoms with van der Waals surface area (Å²) < 4.78 is 1.45. The van der Waals surface area contributed by atoms with Crippen molar-refractivity contribution >= 4 is 11.6 Å². The van der Waals surface area contributed by atoms with E-state index in [0.717, 1.165) is 5.56 Å². The van der Waals surface area contributed by atoms with Gasteiger partial charge in [0.2, 0.25) is 0 Å². The fourth-order valence-corrected chi connectivity index (χ4v) is 1.45. The van der Waals surface area contributed by atoms with Gasteiger partial charge in [0.25, 0.3) is 0 Å². The second-order valence-electron chi connectivity index (χ2n) is 3.15. The number of aromatic nitrogens is 2. The summed E-state index contributed by atoms with van der Waals surface area (Å²) in [4.78, 5) is 0. The smallest absolute Gasteiger partial charge is 0.173 e. The number of phenols is 1. The summed E-state index contributed by atoms with van der Waals surface area (Å²) in [5.74, 6) is 0.150. The van der Waals surface area contributed by atoms with Gasteiger partial charge >= 0.3 is 0 Å². The van der Waals surface area contributed by atoms with Crippen LogP contribution in [0.2, 0.25) is 5.15 Å². The second-order valence-corrected chi connectivity index (χ2v) is 3.51. The first-order chi connectivity index (χ1) is 7.16. The first kappa shape index (κ1) is 9.86. The third-order valence-corrected chi connectivity index (χ3v) is 2.39. The number of aromatic hydroxyl groups is 2. The van der Waals surface area contributed by atoms with Crippen LogP contribution in [0.4, 0.5) is 0 Å². The summed E-state index contributed by atoms with van der Waals surface area (Å²) in [6.07, 6.45) is 1.28.